The van der Waals surface area contributed by atoms with Crippen LogP contribution in [0.1, 0.15) is 36.7 Å². The van der Waals surface area contributed by atoms with Gasteiger partial charge in [-0.25, -0.2) is 4.79 Å². The summed E-state index contributed by atoms with van der Waals surface area (Å²) in [6, 6.07) is 23.9. The number of amides is 1. The fourth-order valence-electron chi connectivity index (χ4n) is 4.34. The maximum Gasteiger partial charge on any atom is 0.341 e. The van der Waals surface area contributed by atoms with Gasteiger partial charge in [-0.05, 0) is 40.5 Å². The number of nitrogens with zero attached hydrogens (tertiary/aromatic N) is 1. The van der Waals surface area contributed by atoms with Crippen molar-refractivity contribution in [1.29, 1.82) is 0 Å². The van der Waals surface area contributed by atoms with Gasteiger partial charge in [0.15, 0.2) is 0 Å². The van der Waals surface area contributed by atoms with Crippen LogP contribution >= 0.6 is 11.3 Å². The van der Waals surface area contributed by atoms with Crippen LogP contribution in [0, 0.1) is 0 Å². The number of rotatable bonds is 5. The van der Waals surface area contributed by atoms with Crippen LogP contribution in [0.5, 0.6) is 0 Å². The summed E-state index contributed by atoms with van der Waals surface area (Å²) in [6.07, 6.45) is 0.745. The molecule has 33 heavy (non-hydrogen) atoms. The number of hydrogen-bond acceptors (Lipinski definition) is 5. The first kappa shape index (κ1) is 21.4. The highest BCUT2D eigenvalue weighted by atomic mass is 32.1. The number of anilines is 1. The lowest BCUT2D eigenvalue weighted by molar-refractivity contribution is 0.0600. The molecule has 5 rings (SSSR count). The number of hydrogen-bond donors (Lipinski definition) is 1. The van der Waals surface area contributed by atoms with E-state index in [-0.39, 0.29) is 5.91 Å². The molecule has 1 aliphatic heterocycles. The quantitative estimate of drug-likeness (QED) is 0.403. The number of nitrogens with one attached hydrogen (secondary N) is 1. The third-order valence-corrected chi connectivity index (χ3v) is 7.15. The molecule has 5 nitrogen and oxygen atoms in total. The number of benzene rings is 3. The summed E-state index contributed by atoms with van der Waals surface area (Å²) in [5, 5.41) is 5.63. The molecule has 0 fully saturated rings. The first-order chi connectivity index (χ1) is 16.1. The van der Waals surface area contributed by atoms with Crippen LogP contribution < -0.4 is 5.32 Å². The third-order valence-electron chi connectivity index (χ3n) is 6.01. The van der Waals surface area contributed by atoms with E-state index in [4.69, 9.17) is 4.74 Å². The second-order valence-electron chi connectivity index (χ2n) is 8.16. The Labute approximate surface area is 196 Å². The Balaban J connectivity index is 1.41. The van der Waals surface area contributed by atoms with Gasteiger partial charge in [0, 0.05) is 30.1 Å². The van der Waals surface area contributed by atoms with Gasteiger partial charge >= 0.3 is 5.97 Å². The molecule has 2 heterocycles. The summed E-state index contributed by atoms with van der Waals surface area (Å²) in [6.45, 7) is 2.44. The zero-order valence-electron chi connectivity index (χ0n) is 18.3. The normalized spacial score (nSPS) is 13.5. The van der Waals surface area contributed by atoms with Crippen molar-refractivity contribution in [2.45, 2.75) is 19.5 Å². The highest BCUT2D eigenvalue weighted by molar-refractivity contribution is 7.17. The highest BCUT2D eigenvalue weighted by Crippen LogP contribution is 2.38. The van der Waals surface area contributed by atoms with Crippen molar-refractivity contribution in [2.75, 3.05) is 19.0 Å². The van der Waals surface area contributed by atoms with E-state index >= 15 is 0 Å². The van der Waals surface area contributed by atoms with E-state index in [1.54, 1.807) is 0 Å². The van der Waals surface area contributed by atoms with E-state index in [0.717, 1.165) is 47.3 Å². The molecule has 0 aliphatic carbocycles. The van der Waals surface area contributed by atoms with E-state index in [9.17, 15) is 9.59 Å². The maximum atomic E-state index is 13.1. The largest absolute Gasteiger partial charge is 0.465 e. The third kappa shape index (κ3) is 4.40. The van der Waals surface area contributed by atoms with Crippen LogP contribution in [0.4, 0.5) is 5.00 Å². The smallest absolute Gasteiger partial charge is 0.341 e. The average molecular weight is 457 g/mol. The van der Waals surface area contributed by atoms with Crippen molar-refractivity contribution in [3.05, 3.63) is 99.9 Å². The van der Waals surface area contributed by atoms with Gasteiger partial charge in [0.25, 0.3) is 5.91 Å². The molecular formula is C27H24N2O3S. The van der Waals surface area contributed by atoms with E-state index in [1.165, 1.54) is 24.0 Å². The molecule has 1 aliphatic rings. The number of thiophene rings is 1. The molecule has 0 bridgehead atoms. The van der Waals surface area contributed by atoms with Crippen molar-refractivity contribution >= 4 is 39.0 Å². The molecule has 0 unspecified atom stereocenters. The van der Waals surface area contributed by atoms with Gasteiger partial charge in [-0.3, -0.25) is 9.69 Å². The van der Waals surface area contributed by atoms with E-state index < -0.39 is 5.97 Å². The number of carbonyl (C=O) groups is 2. The number of carbonyl (C=O) groups excluding carboxylic acids is 2. The lowest BCUT2D eigenvalue weighted by Crippen LogP contribution is -2.29. The monoisotopic (exact) mass is 456 g/mol. The Morgan fingerprint density at radius 1 is 1.00 bits per heavy atom. The summed E-state index contributed by atoms with van der Waals surface area (Å²) < 4.78 is 5.07. The predicted octanol–water partition coefficient (Wildman–Crippen LogP) is 5.50. The fraction of sp³-hybridized carbons (Fsp3) is 0.185. The summed E-state index contributed by atoms with van der Waals surface area (Å²) >= 11 is 1.47. The second-order valence-corrected chi connectivity index (χ2v) is 9.27. The van der Waals surface area contributed by atoms with Crippen LogP contribution in [0.15, 0.2) is 72.8 Å². The average Bonchev–Trinajstić information content (AvgIpc) is 3.20. The molecule has 0 atom stereocenters. The first-order valence-electron chi connectivity index (χ1n) is 10.9. The Hall–Kier alpha value is -3.48. The van der Waals surface area contributed by atoms with Crippen molar-refractivity contribution in [2.24, 2.45) is 0 Å². The number of esters is 1. The maximum absolute atomic E-state index is 13.1. The summed E-state index contributed by atoms with van der Waals surface area (Å²) in [4.78, 5) is 29.2. The Bertz CT molecular complexity index is 1330. The molecule has 0 saturated heterocycles. The molecular weight excluding hydrogens is 432 g/mol. The van der Waals surface area contributed by atoms with E-state index in [0.29, 0.717) is 16.1 Å². The van der Waals surface area contributed by atoms with E-state index in [2.05, 4.69) is 22.3 Å². The van der Waals surface area contributed by atoms with Gasteiger partial charge in [-0.1, -0.05) is 60.7 Å². The van der Waals surface area contributed by atoms with Crippen molar-refractivity contribution in [3.8, 4) is 0 Å². The van der Waals surface area contributed by atoms with Gasteiger partial charge in [-0.2, -0.15) is 0 Å². The molecule has 1 N–H and O–H groups in total. The summed E-state index contributed by atoms with van der Waals surface area (Å²) in [7, 11) is 1.38. The minimum absolute atomic E-state index is 0.231. The van der Waals surface area contributed by atoms with Gasteiger partial charge in [0.2, 0.25) is 0 Å². The Morgan fingerprint density at radius 3 is 2.55 bits per heavy atom. The minimum Gasteiger partial charge on any atom is -0.465 e. The lowest BCUT2D eigenvalue weighted by atomic mass is 10.0. The SMILES string of the molecule is COC(=O)c1c(NC(=O)c2ccc3ccccc3c2)sc2c1CCN(Cc1ccccc1)C2. The number of ether oxygens (including phenoxy) is 1. The lowest BCUT2D eigenvalue weighted by Gasteiger charge is -2.27. The molecule has 4 aromatic rings. The molecule has 1 aromatic heterocycles. The first-order valence-corrected chi connectivity index (χ1v) is 11.7. The standard InChI is InChI=1S/C27H24N2O3S/c1-32-27(31)24-22-13-14-29(16-18-7-3-2-4-8-18)17-23(22)33-26(24)28-25(30)21-12-11-19-9-5-6-10-20(19)15-21/h2-12,15H,13-14,16-17H2,1H3,(H,28,30). The summed E-state index contributed by atoms with van der Waals surface area (Å²) in [5.41, 5.74) is 3.30. The molecule has 0 saturated carbocycles. The highest BCUT2D eigenvalue weighted by Gasteiger charge is 2.29. The minimum atomic E-state index is -0.405. The van der Waals surface area contributed by atoms with Crippen molar-refractivity contribution < 1.29 is 14.3 Å². The van der Waals surface area contributed by atoms with Crippen LogP contribution in [0.25, 0.3) is 10.8 Å². The molecule has 0 spiro atoms. The number of fused-ring (bicyclic) bond motifs is 2. The molecule has 1 amide bonds. The van der Waals surface area contributed by atoms with E-state index in [1.807, 2.05) is 60.7 Å². The molecule has 0 radical (unpaired) electrons. The topological polar surface area (TPSA) is 58.6 Å². The zero-order valence-corrected chi connectivity index (χ0v) is 19.2. The zero-order chi connectivity index (χ0) is 22.8. The van der Waals surface area contributed by atoms with Crippen LogP contribution in [0.2, 0.25) is 0 Å². The fourth-order valence-corrected chi connectivity index (χ4v) is 5.62. The van der Waals surface area contributed by atoms with Crippen molar-refractivity contribution in [1.82, 2.24) is 4.90 Å². The number of methoxy groups -OCH3 is 1. The second kappa shape index (κ2) is 9.17. The summed E-state index contributed by atoms with van der Waals surface area (Å²) in [5.74, 6) is -0.636. The molecule has 166 valence electrons. The van der Waals surface area contributed by atoms with Gasteiger partial charge in [0.1, 0.15) is 5.00 Å². The Morgan fingerprint density at radius 2 is 1.76 bits per heavy atom. The Kier molecular flexibility index (Phi) is 5.94. The predicted molar refractivity (Wildman–Crippen MR) is 132 cm³/mol. The molecule has 6 heteroatoms. The van der Waals surface area contributed by atoms with Gasteiger partial charge < -0.3 is 10.1 Å². The van der Waals surface area contributed by atoms with Gasteiger partial charge in [-0.15, -0.1) is 11.3 Å². The van der Waals surface area contributed by atoms with Crippen LogP contribution in [-0.2, 0) is 24.2 Å². The van der Waals surface area contributed by atoms with Crippen LogP contribution in [0.3, 0.4) is 0 Å². The van der Waals surface area contributed by atoms with Crippen LogP contribution in [-0.4, -0.2) is 30.4 Å². The van der Waals surface area contributed by atoms with Gasteiger partial charge in [0.05, 0.1) is 12.7 Å². The van der Waals surface area contributed by atoms with Crippen molar-refractivity contribution in [3.63, 3.8) is 0 Å². The molecule has 3 aromatic carbocycles.